The van der Waals surface area contributed by atoms with Crippen LogP contribution in [0.5, 0.6) is 0 Å². The van der Waals surface area contributed by atoms with Gasteiger partial charge in [-0.05, 0) is 12.7 Å². The van der Waals surface area contributed by atoms with Gasteiger partial charge in [-0.15, -0.1) is 0 Å². The van der Waals surface area contributed by atoms with Crippen LogP contribution in [0.4, 0.5) is 0 Å². The van der Waals surface area contributed by atoms with E-state index < -0.39 is 18.1 Å². The van der Waals surface area contributed by atoms with Crippen molar-refractivity contribution in [2.75, 3.05) is 6.26 Å². The molecule has 0 aliphatic carbocycles. The highest BCUT2D eigenvalue weighted by Gasteiger charge is 2.29. The van der Waals surface area contributed by atoms with Gasteiger partial charge < -0.3 is 10.2 Å². The molecule has 0 rings (SSSR count). The van der Waals surface area contributed by atoms with E-state index in [4.69, 9.17) is 0 Å². The maximum atomic E-state index is 11.3. The summed E-state index contributed by atoms with van der Waals surface area (Å²) in [6.45, 7) is 5.32. The van der Waals surface area contributed by atoms with Crippen LogP contribution in [0.1, 0.15) is 27.2 Å². The van der Waals surface area contributed by atoms with Crippen LogP contribution in [0, 0.1) is 11.8 Å². The van der Waals surface area contributed by atoms with E-state index in [1.165, 1.54) is 0 Å². The fourth-order valence-electron chi connectivity index (χ4n) is 1.38. The van der Waals surface area contributed by atoms with E-state index in [2.05, 4.69) is 0 Å². The minimum absolute atomic E-state index is 0.0346. The summed E-state index contributed by atoms with van der Waals surface area (Å²) in [5.41, 5.74) is 0. The first-order valence-corrected chi connectivity index (χ1v) is 6.12. The molecule has 0 aromatic rings. The number of aliphatic hydroxyl groups is 2. The summed E-state index contributed by atoms with van der Waals surface area (Å²) in [4.78, 5) is 11.3. The van der Waals surface area contributed by atoms with Gasteiger partial charge >= 0.3 is 0 Å². The minimum Gasteiger partial charge on any atom is -0.393 e. The van der Waals surface area contributed by atoms with Crippen LogP contribution in [0.3, 0.4) is 0 Å². The van der Waals surface area contributed by atoms with Gasteiger partial charge in [0, 0.05) is 5.92 Å². The van der Waals surface area contributed by atoms with E-state index in [0.29, 0.717) is 6.42 Å². The van der Waals surface area contributed by atoms with Crippen LogP contribution in [0.15, 0.2) is 0 Å². The van der Waals surface area contributed by atoms with Crippen LogP contribution in [-0.4, -0.2) is 33.8 Å². The van der Waals surface area contributed by atoms with Gasteiger partial charge in [-0.3, -0.25) is 4.79 Å². The number of carbonyl (C=O) groups is 1. The topological polar surface area (TPSA) is 57.5 Å². The molecule has 0 heterocycles. The van der Waals surface area contributed by atoms with Gasteiger partial charge in [0.15, 0.2) is 5.12 Å². The van der Waals surface area contributed by atoms with Gasteiger partial charge in [0.2, 0.25) is 0 Å². The average Bonchev–Trinajstić information content (AvgIpc) is 2.23. The largest absolute Gasteiger partial charge is 0.393 e. The van der Waals surface area contributed by atoms with Crippen molar-refractivity contribution in [3.05, 3.63) is 0 Å². The van der Waals surface area contributed by atoms with Gasteiger partial charge in [0.05, 0.1) is 18.1 Å². The van der Waals surface area contributed by atoms with Crippen LogP contribution in [-0.2, 0) is 4.79 Å². The molecule has 1 unspecified atom stereocenters. The van der Waals surface area contributed by atoms with Crippen molar-refractivity contribution in [3.8, 4) is 0 Å². The molecule has 84 valence electrons. The first-order valence-electron chi connectivity index (χ1n) is 4.89. The van der Waals surface area contributed by atoms with Gasteiger partial charge in [-0.1, -0.05) is 32.5 Å². The molecule has 0 saturated carbocycles. The predicted octanol–water partition coefficient (Wildman–Crippen LogP) is 1.28. The summed E-state index contributed by atoms with van der Waals surface area (Å²) in [5.74, 6) is -0.674. The molecule has 2 N–H and O–H groups in total. The smallest absolute Gasteiger partial charge is 0.194 e. The monoisotopic (exact) mass is 220 g/mol. The van der Waals surface area contributed by atoms with E-state index in [1.807, 2.05) is 6.92 Å². The van der Waals surface area contributed by atoms with Crippen molar-refractivity contribution < 1.29 is 15.0 Å². The number of hydrogen-bond acceptors (Lipinski definition) is 4. The fraction of sp³-hybridized carbons (Fsp3) is 0.900. The quantitative estimate of drug-likeness (QED) is 0.733. The molecule has 0 fully saturated rings. The number of hydrogen-bond donors (Lipinski definition) is 2. The maximum absolute atomic E-state index is 11.3. The van der Waals surface area contributed by atoms with Gasteiger partial charge in [0.1, 0.15) is 0 Å². The van der Waals surface area contributed by atoms with Crippen molar-refractivity contribution in [1.82, 2.24) is 0 Å². The number of rotatable bonds is 5. The zero-order chi connectivity index (χ0) is 11.3. The van der Waals surface area contributed by atoms with Crippen molar-refractivity contribution in [2.24, 2.45) is 11.8 Å². The van der Waals surface area contributed by atoms with Gasteiger partial charge in [0.25, 0.3) is 0 Å². The molecule has 4 atom stereocenters. The SMILES string of the molecule is CC[C@@H](O)[C@H](C)C(O)[C@@H](C)C(=O)SC. The number of aliphatic hydroxyl groups excluding tert-OH is 2. The lowest BCUT2D eigenvalue weighted by atomic mass is 9.89. The van der Waals surface area contributed by atoms with Crippen LogP contribution < -0.4 is 0 Å². The molecular formula is C10H20O3S. The molecule has 4 heteroatoms. The average molecular weight is 220 g/mol. The Bertz CT molecular complexity index is 184. The van der Waals surface area contributed by atoms with Crippen molar-refractivity contribution in [2.45, 2.75) is 39.4 Å². The Kier molecular flexibility index (Phi) is 6.40. The van der Waals surface area contributed by atoms with E-state index >= 15 is 0 Å². The summed E-state index contributed by atoms with van der Waals surface area (Å²) in [7, 11) is 0. The van der Waals surface area contributed by atoms with E-state index in [-0.39, 0.29) is 11.0 Å². The molecule has 14 heavy (non-hydrogen) atoms. The molecule has 0 aliphatic rings. The standard InChI is InChI=1S/C10H20O3S/c1-5-8(11)6(2)9(12)7(3)10(13)14-4/h6-9,11-12H,5H2,1-4H3/t6-,7+,8+,9?/m0/s1. The van der Waals surface area contributed by atoms with Gasteiger partial charge in [-0.25, -0.2) is 0 Å². The summed E-state index contributed by atoms with van der Waals surface area (Å²) < 4.78 is 0. The third-order valence-electron chi connectivity index (χ3n) is 2.65. The summed E-state index contributed by atoms with van der Waals surface area (Å²) >= 11 is 1.12. The first-order chi connectivity index (χ1) is 6.45. The maximum Gasteiger partial charge on any atom is 0.194 e. The Morgan fingerprint density at radius 3 is 2.21 bits per heavy atom. The first kappa shape index (κ1) is 13.9. The van der Waals surface area contributed by atoms with E-state index in [0.717, 1.165) is 11.8 Å². The number of thioether (sulfide) groups is 1. The lowest BCUT2D eigenvalue weighted by molar-refractivity contribution is -0.119. The summed E-state index contributed by atoms with van der Waals surface area (Å²) in [5, 5.41) is 19.3. The Hall–Kier alpha value is -0.0600. The lowest BCUT2D eigenvalue weighted by Gasteiger charge is -2.26. The summed E-state index contributed by atoms with van der Waals surface area (Å²) in [6.07, 6.45) is 0.997. The third-order valence-corrected chi connectivity index (χ3v) is 3.42. The van der Waals surface area contributed by atoms with Crippen LogP contribution in [0.25, 0.3) is 0 Å². The second-order valence-corrected chi connectivity index (χ2v) is 4.45. The molecule has 0 bridgehead atoms. The fourth-order valence-corrected chi connectivity index (χ4v) is 1.89. The zero-order valence-corrected chi connectivity index (χ0v) is 10.0. The predicted molar refractivity (Wildman–Crippen MR) is 59.2 cm³/mol. The molecule has 0 aromatic carbocycles. The molecular weight excluding hydrogens is 200 g/mol. The molecule has 3 nitrogen and oxygen atoms in total. The molecule has 0 spiro atoms. The molecule has 0 aromatic heterocycles. The Morgan fingerprint density at radius 1 is 1.36 bits per heavy atom. The van der Waals surface area contributed by atoms with Gasteiger partial charge in [-0.2, -0.15) is 0 Å². The number of carbonyl (C=O) groups excluding carboxylic acids is 1. The van der Waals surface area contributed by atoms with Crippen LogP contribution >= 0.6 is 11.8 Å². The second-order valence-electron chi connectivity index (χ2n) is 3.64. The van der Waals surface area contributed by atoms with Crippen molar-refractivity contribution in [3.63, 3.8) is 0 Å². The second kappa shape index (κ2) is 6.43. The highest BCUT2D eigenvalue weighted by atomic mass is 32.2. The molecule has 0 saturated heterocycles. The van der Waals surface area contributed by atoms with Crippen molar-refractivity contribution >= 4 is 16.9 Å². The normalized spacial score (nSPS) is 19.9. The lowest BCUT2D eigenvalue weighted by Crippen LogP contribution is -2.36. The van der Waals surface area contributed by atoms with E-state index in [9.17, 15) is 15.0 Å². The molecule has 0 aliphatic heterocycles. The summed E-state index contributed by atoms with van der Waals surface area (Å²) in [6, 6.07) is 0. The highest BCUT2D eigenvalue weighted by Crippen LogP contribution is 2.21. The third kappa shape index (κ3) is 3.59. The molecule has 0 radical (unpaired) electrons. The Labute approximate surface area is 89.9 Å². The Balaban J connectivity index is 4.30. The highest BCUT2D eigenvalue weighted by molar-refractivity contribution is 8.13. The Morgan fingerprint density at radius 2 is 1.86 bits per heavy atom. The molecule has 0 amide bonds. The van der Waals surface area contributed by atoms with Crippen molar-refractivity contribution in [1.29, 1.82) is 0 Å². The van der Waals surface area contributed by atoms with E-state index in [1.54, 1.807) is 20.1 Å². The van der Waals surface area contributed by atoms with Crippen LogP contribution in [0.2, 0.25) is 0 Å². The zero-order valence-electron chi connectivity index (χ0n) is 9.23. The minimum atomic E-state index is -0.759.